The molecular weight excluding hydrogens is 264 g/mol. The average Bonchev–Trinajstić information content (AvgIpc) is 2.45. The maximum absolute atomic E-state index is 11.5. The molecule has 0 amide bonds. The predicted octanol–water partition coefficient (Wildman–Crippen LogP) is 4.56. The lowest BCUT2D eigenvalue weighted by Gasteiger charge is -2.04. The third-order valence-corrected chi connectivity index (χ3v) is 3.23. The van der Waals surface area contributed by atoms with E-state index in [4.69, 9.17) is 9.84 Å². The van der Waals surface area contributed by atoms with Crippen LogP contribution in [-0.4, -0.2) is 17.7 Å². The third-order valence-electron chi connectivity index (χ3n) is 3.23. The number of carbonyl (C=O) groups excluding carboxylic acids is 1. The van der Waals surface area contributed by atoms with E-state index in [1.165, 1.54) is 25.3 Å². The highest BCUT2D eigenvalue weighted by molar-refractivity contribution is 5.87. The second-order valence-electron chi connectivity index (χ2n) is 5.69. The van der Waals surface area contributed by atoms with E-state index in [2.05, 4.69) is 13.8 Å². The van der Waals surface area contributed by atoms with Gasteiger partial charge in [-0.3, -0.25) is 0 Å². The molecule has 21 heavy (non-hydrogen) atoms. The molecule has 0 radical (unpaired) electrons. The minimum absolute atomic E-state index is 0.215. The summed E-state index contributed by atoms with van der Waals surface area (Å²) < 4.78 is 5.14. The second kappa shape index (κ2) is 10.0. The maximum atomic E-state index is 11.5. The standard InChI is InChI=1S/C18H26O3/c1-15(2)7-5-3-4-6-14-21-18(20)13-10-16-8-11-17(19)12-9-16/h8-13,15,19H,3-7,14H2,1-2H3/b13-10+. The Morgan fingerprint density at radius 2 is 1.81 bits per heavy atom. The summed E-state index contributed by atoms with van der Waals surface area (Å²) in [4.78, 5) is 11.5. The lowest BCUT2D eigenvalue weighted by molar-refractivity contribution is -0.137. The van der Waals surface area contributed by atoms with Crippen LogP contribution in [0.25, 0.3) is 6.08 Å². The Balaban J connectivity index is 2.10. The fraction of sp³-hybridized carbons (Fsp3) is 0.500. The van der Waals surface area contributed by atoms with E-state index in [0.717, 1.165) is 24.3 Å². The SMILES string of the molecule is CC(C)CCCCCCOC(=O)/C=C/c1ccc(O)cc1. The molecule has 0 aliphatic carbocycles. The molecule has 116 valence electrons. The van der Waals surface area contributed by atoms with Crippen LogP contribution in [0.5, 0.6) is 5.75 Å². The minimum atomic E-state index is -0.315. The van der Waals surface area contributed by atoms with Crippen LogP contribution < -0.4 is 0 Å². The first-order chi connectivity index (χ1) is 10.1. The molecule has 0 atom stereocenters. The topological polar surface area (TPSA) is 46.5 Å². The molecule has 0 spiro atoms. The van der Waals surface area contributed by atoms with Crippen LogP contribution in [0, 0.1) is 5.92 Å². The van der Waals surface area contributed by atoms with Gasteiger partial charge in [-0.2, -0.15) is 0 Å². The normalized spacial score (nSPS) is 11.2. The van der Waals surface area contributed by atoms with Crippen LogP contribution in [0.15, 0.2) is 30.3 Å². The van der Waals surface area contributed by atoms with Crippen molar-refractivity contribution in [1.29, 1.82) is 0 Å². The van der Waals surface area contributed by atoms with E-state index >= 15 is 0 Å². The molecule has 3 nitrogen and oxygen atoms in total. The number of benzene rings is 1. The van der Waals surface area contributed by atoms with E-state index in [-0.39, 0.29) is 11.7 Å². The zero-order valence-corrected chi connectivity index (χ0v) is 13.0. The van der Waals surface area contributed by atoms with Gasteiger partial charge < -0.3 is 9.84 Å². The van der Waals surface area contributed by atoms with Gasteiger partial charge in [0.2, 0.25) is 0 Å². The first-order valence-corrected chi connectivity index (χ1v) is 7.72. The number of aromatic hydroxyl groups is 1. The van der Waals surface area contributed by atoms with Crippen LogP contribution in [-0.2, 0) is 9.53 Å². The quantitative estimate of drug-likeness (QED) is 0.412. The molecular formula is C18H26O3. The minimum Gasteiger partial charge on any atom is -0.508 e. The Labute approximate surface area is 127 Å². The number of unbranched alkanes of at least 4 members (excludes halogenated alkanes) is 3. The molecule has 0 fully saturated rings. The first-order valence-electron chi connectivity index (χ1n) is 7.72. The van der Waals surface area contributed by atoms with Gasteiger partial charge in [0.05, 0.1) is 6.61 Å². The van der Waals surface area contributed by atoms with Crippen LogP contribution in [0.3, 0.4) is 0 Å². The monoisotopic (exact) mass is 290 g/mol. The number of phenols is 1. The van der Waals surface area contributed by atoms with Crippen molar-refractivity contribution in [2.75, 3.05) is 6.61 Å². The molecule has 0 saturated carbocycles. The summed E-state index contributed by atoms with van der Waals surface area (Å²) in [6, 6.07) is 6.66. The lowest BCUT2D eigenvalue weighted by atomic mass is 10.0. The molecule has 0 unspecified atom stereocenters. The van der Waals surface area contributed by atoms with Gasteiger partial charge in [0.25, 0.3) is 0 Å². The Morgan fingerprint density at radius 1 is 1.14 bits per heavy atom. The van der Waals surface area contributed by atoms with Gasteiger partial charge in [0.1, 0.15) is 5.75 Å². The van der Waals surface area contributed by atoms with Crippen LogP contribution in [0.2, 0.25) is 0 Å². The lowest BCUT2D eigenvalue weighted by Crippen LogP contribution is -2.02. The zero-order valence-electron chi connectivity index (χ0n) is 13.0. The molecule has 1 N–H and O–H groups in total. The predicted molar refractivity (Wildman–Crippen MR) is 86.0 cm³/mol. The van der Waals surface area contributed by atoms with E-state index < -0.39 is 0 Å². The van der Waals surface area contributed by atoms with Gasteiger partial charge in [-0.15, -0.1) is 0 Å². The Hall–Kier alpha value is -1.77. The zero-order chi connectivity index (χ0) is 15.5. The molecule has 1 aromatic carbocycles. The van der Waals surface area contributed by atoms with E-state index in [1.54, 1.807) is 30.3 Å². The van der Waals surface area contributed by atoms with E-state index in [9.17, 15) is 4.79 Å². The molecule has 0 aliphatic heterocycles. The van der Waals surface area contributed by atoms with Crippen molar-refractivity contribution in [3.63, 3.8) is 0 Å². The van der Waals surface area contributed by atoms with Crippen LogP contribution in [0.4, 0.5) is 0 Å². The number of phenolic OH excluding ortho intramolecular Hbond substituents is 1. The third kappa shape index (κ3) is 8.90. The van der Waals surface area contributed by atoms with Gasteiger partial charge in [-0.25, -0.2) is 4.79 Å². The van der Waals surface area contributed by atoms with Crippen molar-refractivity contribution in [3.05, 3.63) is 35.9 Å². The van der Waals surface area contributed by atoms with Crippen molar-refractivity contribution in [3.8, 4) is 5.75 Å². The summed E-state index contributed by atoms with van der Waals surface area (Å²) in [5, 5.41) is 9.15. The molecule has 0 aliphatic rings. The second-order valence-corrected chi connectivity index (χ2v) is 5.69. The summed E-state index contributed by atoms with van der Waals surface area (Å²) >= 11 is 0. The average molecular weight is 290 g/mol. The van der Waals surface area contributed by atoms with Gasteiger partial charge >= 0.3 is 5.97 Å². The van der Waals surface area contributed by atoms with Crippen molar-refractivity contribution in [2.45, 2.75) is 46.0 Å². The Kier molecular flexibility index (Phi) is 8.25. The van der Waals surface area contributed by atoms with Gasteiger partial charge in [0, 0.05) is 6.08 Å². The van der Waals surface area contributed by atoms with Crippen molar-refractivity contribution in [2.24, 2.45) is 5.92 Å². The van der Waals surface area contributed by atoms with Gasteiger partial charge in [-0.05, 0) is 36.1 Å². The fourth-order valence-corrected chi connectivity index (χ4v) is 1.98. The van der Waals surface area contributed by atoms with E-state index in [1.807, 2.05) is 0 Å². The van der Waals surface area contributed by atoms with Crippen LogP contribution in [0.1, 0.15) is 51.5 Å². The van der Waals surface area contributed by atoms with Crippen molar-refractivity contribution in [1.82, 2.24) is 0 Å². The fourth-order valence-electron chi connectivity index (χ4n) is 1.98. The molecule has 0 heterocycles. The number of hydrogen-bond acceptors (Lipinski definition) is 3. The summed E-state index contributed by atoms with van der Waals surface area (Å²) in [7, 11) is 0. The molecule has 0 bridgehead atoms. The van der Waals surface area contributed by atoms with Crippen LogP contribution >= 0.6 is 0 Å². The molecule has 1 aromatic rings. The van der Waals surface area contributed by atoms with Gasteiger partial charge in [0.15, 0.2) is 0 Å². The highest BCUT2D eigenvalue weighted by Crippen LogP contribution is 2.11. The molecule has 0 saturated heterocycles. The Bertz CT molecular complexity index is 432. The first kappa shape index (κ1) is 17.3. The molecule has 3 heteroatoms. The van der Waals surface area contributed by atoms with Crippen molar-refractivity contribution < 1.29 is 14.6 Å². The smallest absolute Gasteiger partial charge is 0.330 e. The largest absolute Gasteiger partial charge is 0.508 e. The van der Waals surface area contributed by atoms with Crippen molar-refractivity contribution >= 4 is 12.0 Å². The maximum Gasteiger partial charge on any atom is 0.330 e. The molecule has 0 aromatic heterocycles. The summed E-state index contributed by atoms with van der Waals surface area (Å²) in [5.74, 6) is 0.672. The number of hydrogen-bond donors (Lipinski definition) is 1. The highest BCUT2D eigenvalue weighted by Gasteiger charge is 1.98. The summed E-state index contributed by atoms with van der Waals surface area (Å²) in [6.45, 7) is 4.96. The number of esters is 1. The number of carbonyl (C=O) groups is 1. The Morgan fingerprint density at radius 3 is 2.48 bits per heavy atom. The summed E-state index contributed by atoms with van der Waals surface area (Å²) in [6.07, 6.45) is 8.88. The van der Waals surface area contributed by atoms with Gasteiger partial charge in [-0.1, -0.05) is 51.7 Å². The highest BCUT2D eigenvalue weighted by atomic mass is 16.5. The number of rotatable bonds is 9. The number of ether oxygens (including phenoxy) is 1. The van der Waals surface area contributed by atoms with E-state index in [0.29, 0.717) is 6.61 Å². The molecule has 1 rings (SSSR count). The summed E-state index contributed by atoms with van der Waals surface area (Å²) in [5.41, 5.74) is 0.860.